The lowest BCUT2D eigenvalue weighted by molar-refractivity contribution is 0.0454. The number of aromatic amines is 1. The molecule has 6 nitrogen and oxygen atoms in total. The standard InChI is InChI=1S/C25H27N3O3/c1-16-21-13-18(9-10-22(21)28-27-16)17-6-4-7-19(12-17)24(30)26-23(15-29)20-8-5-11-25(2,14-20)31-3/h4-13,23,29H,14-15H2,1-3H3,(H,26,30)(H,27,28)/t23-,25?/m0/s1. The summed E-state index contributed by atoms with van der Waals surface area (Å²) in [5, 5.41) is 21.2. The normalized spacial score (nSPS) is 19.3. The molecule has 3 N–H and O–H groups in total. The van der Waals surface area contributed by atoms with Crippen molar-refractivity contribution in [2.45, 2.75) is 31.9 Å². The second kappa shape index (κ2) is 8.49. The summed E-state index contributed by atoms with van der Waals surface area (Å²) in [5.41, 5.74) is 4.92. The lowest BCUT2D eigenvalue weighted by Gasteiger charge is -2.31. The Morgan fingerprint density at radius 2 is 2.10 bits per heavy atom. The average Bonchev–Trinajstić information content (AvgIpc) is 3.17. The molecule has 1 unspecified atom stereocenters. The molecule has 0 aliphatic heterocycles. The zero-order valence-corrected chi connectivity index (χ0v) is 18.0. The number of nitrogens with one attached hydrogen (secondary N) is 2. The van der Waals surface area contributed by atoms with Gasteiger partial charge in [-0.15, -0.1) is 0 Å². The topological polar surface area (TPSA) is 87.2 Å². The molecule has 0 saturated heterocycles. The molecule has 31 heavy (non-hydrogen) atoms. The monoisotopic (exact) mass is 417 g/mol. The zero-order valence-electron chi connectivity index (χ0n) is 18.0. The van der Waals surface area contributed by atoms with Crippen LogP contribution in [0.1, 0.15) is 29.4 Å². The lowest BCUT2D eigenvalue weighted by atomic mass is 9.87. The van der Waals surface area contributed by atoms with Crippen LogP contribution in [-0.2, 0) is 4.74 Å². The second-order valence-corrected chi connectivity index (χ2v) is 8.16. The van der Waals surface area contributed by atoms with Gasteiger partial charge >= 0.3 is 0 Å². The summed E-state index contributed by atoms with van der Waals surface area (Å²) in [4.78, 5) is 13.0. The van der Waals surface area contributed by atoms with Gasteiger partial charge in [-0.25, -0.2) is 0 Å². The summed E-state index contributed by atoms with van der Waals surface area (Å²) in [7, 11) is 1.66. The van der Waals surface area contributed by atoms with Crippen molar-refractivity contribution >= 4 is 16.8 Å². The van der Waals surface area contributed by atoms with Gasteiger partial charge in [-0.1, -0.05) is 36.4 Å². The number of rotatable bonds is 6. The number of fused-ring (bicyclic) bond motifs is 1. The van der Waals surface area contributed by atoms with Crippen LogP contribution in [0.25, 0.3) is 22.0 Å². The van der Waals surface area contributed by atoms with Crippen molar-refractivity contribution in [3.8, 4) is 11.1 Å². The van der Waals surface area contributed by atoms with E-state index in [0.29, 0.717) is 12.0 Å². The molecular formula is C25H27N3O3. The van der Waals surface area contributed by atoms with Crippen molar-refractivity contribution in [1.29, 1.82) is 0 Å². The molecular weight excluding hydrogens is 390 g/mol. The van der Waals surface area contributed by atoms with Crippen LogP contribution in [0.15, 0.2) is 66.3 Å². The third-order valence-electron chi connectivity index (χ3n) is 5.92. The Kier molecular flexibility index (Phi) is 5.76. The Bertz CT molecular complexity index is 1180. The second-order valence-electron chi connectivity index (χ2n) is 8.16. The van der Waals surface area contributed by atoms with E-state index in [9.17, 15) is 9.90 Å². The van der Waals surface area contributed by atoms with Crippen molar-refractivity contribution in [2.24, 2.45) is 0 Å². The maximum Gasteiger partial charge on any atom is 0.251 e. The molecule has 0 saturated carbocycles. The van der Waals surface area contributed by atoms with Gasteiger partial charge < -0.3 is 15.2 Å². The number of hydrogen-bond acceptors (Lipinski definition) is 4. The summed E-state index contributed by atoms with van der Waals surface area (Å²) < 4.78 is 5.56. The zero-order chi connectivity index (χ0) is 22.0. The molecule has 2 aromatic carbocycles. The van der Waals surface area contributed by atoms with Gasteiger partial charge in [-0.05, 0) is 54.8 Å². The van der Waals surface area contributed by atoms with E-state index in [4.69, 9.17) is 4.74 Å². The molecule has 3 aromatic rings. The lowest BCUT2D eigenvalue weighted by Crippen LogP contribution is -2.41. The predicted octanol–water partition coefficient (Wildman–Crippen LogP) is 3.92. The number of nitrogens with zero attached hydrogens (tertiary/aromatic N) is 1. The molecule has 1 heterocycles. The minimum Gasteiger partial charge on any atom is -0.394 e. The average molecular weight is 418 g/mol. The number of aromatic nitrogens is 2. The van der Waals surface area contributed by atoms with Gasteiger partial charge in [-0.2, -0.15) is 5.10 Å². The molecule has 6 heteroatoms. The number of allylic oxidation sites excluding steroid dienone is 2. The highest BCUT2D eigenvalue weighted by molar-refractivity contribution is 5.96. The highest BCUT2D eigenvalue weighted by atomic mass is 16.5. The van der Waals surface area contributed by atoms with Gasteiger partial charge in [0.25, 0.3) is 5.91 Å². The molecule has 0 bridgehead atoms. The van der Waals surface area contributed by atoms with E-state index in [1.165, 1.54) is 0 Å². The fourth-order valence-corrected chi connectivity index (χ4v) is 3.93. The Morgan fingerprint density at radius 3 is 2.87 bits per heavy atom. The first-order valence-electron chi connectivity index (χ1n) is 10.3. The van der Waals surface area contributed by atoms with Crippen LogP contribution in [0.4, 0.5) is 0 Å². The van der Waals surface area contributed by atoms with Crippen LogP contribution in [0.5, 0.6) is 0 Å². The number of carbonyl (C=O) groups is 1. The number of ether oxygens (including phenoxy) is 1. The van der Waals surface area contributed by atoms with Crippen molar-refractivity contribution < 1.29 is 14.6 Å². The first-order chi connectivity index (χ1) is 14.9. The first-order valence-corrected chi connectivity index (χ1v) is 10.3. The van der Waals surface area contributed by atoms with Gasteiger partial charge in [0.2, 0.25) is 0 Å². The van der Waals surface area contributed by atoms with E-state index in [-0.39, 0.29) is 12.5 Å². The largest absolute Gasteiger partial charge is 0.394 e. The summed E-state index contributed by atoms with van der Waals surface area (Å²) in [6.07, 6.45) is 6.43. The number of amides is 1. The first kappa shape index (κ1) is 21.0. The van der Waals surface area contributed by atoms with E-state index < -0.39 is 11.6 Å². The van der Waals surface area contributed by atoms with Crippen LogP contribution < -0.4 is 5.32 Å². The molecule has 0 spiro atoms. The van der Waals surface area contributed by atoms with Gasteiger partial charge in [0.05, 0.1) is 23.8 Å². The molecule has 1 aliphatic carbocycles. The number of aliphatic hydroxyl groups excluding tert-OH is 1. The maximum atomic E-state index is 13.0. The minimum absolute atomic E-state index is 0.179. The smallest absolute Gasteiger partial charge is 0.251 e. The summed E-state index contributed by atoms with van der Waals surface area (Å²) in [6, 6.07) is 13.1. The third-order valence-corrected chi connectivity index (χ3v) is 5.92. The Morgan fingerprint density at radius 1 is 1.29 bits per heavy atom. The quantitative estimate of drug-likeness (QED) is 0.567. The van der Waals surface area contributed by atoms with Crippen molar-refractivity contribution in [2.75, 3.05) is 13.7 Å². The van der Waals surface area contributed by atoms with Crippen LogP contribution in [0, 0.1) is 6.92 Å². The minimum atomic E-state index is -0.472. The Labute approximate surface area is 181 Å². The molecule has 1 amide bonds. The van der Waals surface area contributed by atoms with Gasteiger partial charge in [-0.3, -0.25) is 9.89 Å². The summed E-state index contributed by atoms with van der Waals surface area (Å²) in [5.74, 6) is -0.226. The Hall–Kier alpha value is -3.22. The van der Waals surface area contributed by atoms with Crippen molar-refractivity contribution in [3.05, 3.63) is 77.5 Å². The number of methoxy groups -OCH3 is 1. The molecule has 4 rings (SSSR count). The fourth-order valence-electron chi connectivity index (χ4n) is 3.93. The van der Waals surface area contributed by atoms with Crippen molar-refractivity contribution in [1.82, 2.24) is 15.5 Å². The van der Waals surface area contributed by atoms with Crippen LogP contribution in [-0.4, -0.2) is 46.6 Å². The molecule has 1 aromatic heterocycles. The summed E-state index contributed by atoms with van der Waals surface area (Å²) in [6.45, 7) is 3.79. The van der Waals surface area contributed by atoms with E-state index in [1.807, 2.05) is 62.4 Å². The van der Waals surface area contributed by atoms with E-state index in [2.05, 4.69) is 21.6 Å². The van der Waals surface area contributed by atoms with Crippen molar-refractivity contribution in [3.63, 3.8) is 0 Å². The van der Waals surface area contributed by atoms with Gasteiger partial charge in [0.1, 0.15) is 0 Å². The number of H-pyrrole nitrogens is 1. The highest BCUT2D eigenvalue weighted by Crippen LogP contribution is 2.28. The molecule has 160 valence electrons. The third kappa shape index (κ3) is 4.31. The van der Waals surface area contributed by atoms with Crippen LogP contribution in [0.3, 0.4) is 0 Å². The van der Waals surface area contributed by atoms with E-state index >= 15 is 0 Å². The molecule has 2 atom stereocenters. The van der Waals surface area contributed by atoms with Crippen LogP contribution in [0.2, 0.25) is 0 Å². The summed E-state index contributed by atoms with van der Waals surface area (Å²) >= 11 is 0. The van der Waals surface area contributed by atoms with E-state index in [1.54, 1.807) is 13.2 Å². The molecule has 0 fully saturated rings. The number of hydrogen-bond donors (Lipinski definition) is 3. The number of aliphatic hydroxyl groups is 1. The SMILES string of the molecule is COC1(C)C=CC=C([C@H](CO)NC(=O)c2cccc(-c3ccc4n[nH]c(C)c4c3)c2)C1. The number of carbonyl (C=O) groups excluding carboxylic acids is 1. The fraction of sp³-hybridized carbons (Fsp3) is 0.280. The number of aryl methyl sites for hydroxylation is 1. The van der Waals surface area contributed by atoms with Gasteiger partial charge in [0, 0.05) is 30.2 Å². The molecule has 1 aliphatic rings. The molecule has 0 radical (unpaired) electrons. The Balaban J connectivity index is 1.55. The van der Waals surface area contributed by atoms with Crippen LogP contribution >= 0.6 is 0 Å². The van der Waals surface area contributed by atoms with Gasteiger partial charge in [0.15, 0.2) is 0 Å². The predicted molar refractivity (Wildman–Crippen MR) is 122 cm³/mol. The highest BCUT2D eigenvalue weighted by Gasteiger charge is 2.28. The number of benzene rings is 2. The maximum absolute atomic E-state index is 13.0. The van der Waals surface area contributed by atoms with E-state index in [0.717, 1.165) is 33.3 Å².